The number of hydrogen-bond donors (Lipinski definition) is 2. The number of hydrazone groups is 1. The number of nitrogens with one attached hydrogen (secondary N) is 2. The zero-order valence-corrected chi connectivity index (χ0v) is 16.7. The van der Waals surface area contributed by atoms with Crippen molar-refractivity contribution < 1.29 is 9.53 Å². The van der Waals surface area contributed by atoms with Crippen molar-refractivity contribution in [3.8, 4) is 16.9 Å². The summed E-state index contributed by atoms with van der Waals surface area (Å²) in [6.07, 6.45) is 8.53. The molecule has 0 saturated carbocycles. The molecule has 2 aromatic heterocycles. The second kappa shape index (κ2) is 8.57. The van der Waals surface area contributed by atoms with Crippen molar-refractivity contribution in [1.29, 1.82) is 0 Å². The Kier molecular flexibility index (Phi) is 5.52. The third-order valence-electron chi connectivity index (χ3n) is 4.72. The fraction of sp³-hybridized carbons (Fsp3) is 0.130. The molecule has 0 radical (unpaired) electrons. The number of H-pyrrole nitrogens is 1. The summed E-state index contributed by atoms with van der Waals surface area (Å²) < 4.78 is 5.76. The Morgan fingerprint density at radius 1 is 1.13 bits per heavy atom. The Morgan fingerprint density at radius 2 is 1.90 bits per heavy atom. The number of nitrogens with zero attached hydrogens (tertiary/aromatic N) is 3. The lowest BCUT2D eigenvalue weighted by atomic mass is 10.0. The van der Waals surface area contributed by atoms with Gasteiger partial charge in [-0.25, -0.2) is 15.4 Å². The molecule has 0 fully saturated rings. The van der Waals surface area contributed by atoms with E-state index in [9.17, 15) is 4.79 Å². The number of carbonyl (C=O) groups excluding carboxylic acids is 1. The van der Waals surface area contributed by atoms with E-state index in [0.29, 0.717) is 5.75 Å². The molecule has 0 saturated heterocycles. The van der Waals surface area contributed by atoms with Gasteiger partial charge in [0.05, 0.1) is 6.21 Å². The van der Waals surface area contributed by atoms with Gasteiger partial charge in [0, 0.05) is 40.6 Å². The summed E-state index contributed by atoms with van der Waals surface area (Å²) in [5.41, 5.74) is 8.26. The highest BCUT2D eigenvalue weighted by Crippen LogP contribution is 2.29. The van der Waals surface area contributed by atoms with Gasteiger partial charge in [0.1, 0.15) is 12.1 Å². The van der Waals surface area contributed by atoms with Crippen LogP contribution in [0.4, 0.5) is 0 Å². The normalized spacial score (nSPS) is 11.1. The molecular formula is C23H21N5O2. The van der Waals surface area contributed by atoms with E-state index in [-0.39, 0.29) is 12.5 Å². The number of fused-ring (bicyclic) bond motifs is 1. The van der Waals surface area contributed by atoms with Crippen LogP contribution in [0.3, 0.4) is 0 Å². The van der Waals surface area contributed by atoms with Gasteiger partial charge in [-0.05, 0) is 54.8 Å². The molecule has 0 bridgehead atoms. The van der Waals surface area contributed by atoms with E-state index in [1.54, 1.807) is 18.6 Å². The fourth-order valence-electron chi connectivity index (χ4n) is 3.36. The van der Waals surface area contributed by atoms with Crippen LogP contribution in [0.2, 0.25) is 0 Å². The van der Waals surface area contributed by atoms with Crippen molar-refractivity contribution in [2.75, 3.05) is 6.61 Å². The standard InChI is InChI=1S/C23H21N5O2/c1-15-8-18(19-10-24-14-25-11-19)9-16(2)23(15)30-13-22(29)28-27-12-17-4-3-5-21-20(17)6-7-26-21/h3-12,14,26H,13H2,1-2H3,(H,28,29). The number of aromatic amines is 1. The largest absolute Gasteiger partial charge is 0.483 e. The number of ether oxygens (including phenoxy) is 1. The lowest BCUT2D eigenvalue weighted by Crippen LogP contribution is -2.25. The maximum absolute atomic E-state index is 12.2. The van der Waals surface area contributed by atoms with Gasteiger partial charge in [0.15, 0.2) is 6.61 Å². The van der Waals surface area contributed by atoms with E-state index >= 15 is 0 Å². The lowest BCUT2D eigenvalue weighted by molar-refractivity contribution is -0.123. The first-order valence-corrected chi connectivity index (χ1v) is 9.49. The minimum absolute atomic E-state index is 0.124. The third kappa shape index (κ3) is 4.20. The molecule has 150 valence electrons. The summed E-state index contributed by atoms with van der Waals surface area (Å²) in [7, 11) is 0. The topological polar surface area (TPSA) is 92.3 Å². The monoisotopic (exact) mass is 399 g/mol. The SMILES string of the molecule is Cc1cc(-c2cncnc2)cc(C)c1OCC(=O)NN=Cc1cccc2[nH]ccc12. The van der Waals surface area contributed by atoms with E-state index in [1.807, 2.05) is 56.4 Å². The summed E-state index contributed by atoms with van der Waals surface area (Å²) in [6, 6.07) is 11.8. The van der Waals surface area contributed by atoms with Crippen LogP contribution < -0.4 is 10.2 Å². The van der Waals surface area contributed by atoms with Gasteiger partial charge in [-0.3, -0.25) is 4.79 Å². The van der Waals surface area contributed by atoms with Crippen molar-refractivity contribution in [2.24, 2.45) is 5.10 Å². The average molecular weight is 399 g/mol. The molecule has 0 aliphatic rings. The molecule has 0 aliphatic heterocycles. The molecule has 0 unspecified atom stereocenters. The average Bonchev–Trinajstić information content (AvgIpc) is 3.23. The fourth-order valence-corrected chi connectivity index (χ4v) is 3.36. The molecule has 0 aliphatic carbocycles. The third-order valence-corrected chi connectivity index (χ3v) is 4.72. The highest BCUT2D eigenvalue weighted by Gasteiger charge is 2.10. The molecule has 4 aromatic rings. The molecule has 30 heavy (non-hydrogen) atoms. The van der Waals surface area contributed by atoms with Gasteiger partial charge in [-0.1, -0.05) is 12.1 Å². The zero-order chi connectivity index (χ0) is 20.9. The molecule has 0 spiro atoms. The van der Waals surface area contributed by atoms with E-state index in [4.69, 9.17) is 4.74 Å². The van der Waals surface area contributed by atoms with Crippen LogP contribution in [0, 0.1) is 13.8 Å². The number of hydrogen-bond acceptors (Lipinski definition) is 5. The van der Waals surface area contributed by atoms with E-state index in [1.165, 1.54) is 6.33 Å². The molecule has 1 amide bonds. The highest BCUT2D eigenvalue weighted by molar-refractivity contribution is 5.98. The molecule has 7 nitrogen and oxygen atoms in total. The van der Waals surface area contributed by atoms with Crippen molar-refractivity contribution in [1.82, 2.24) is 20.4 Å². The number of aromatic nitrogens is 3. The molecule has 2 heterocycles. The van der Waals surface area contributed by atoms with Crippen molar-refractivity contribution >= 4 is 23.0 Å². The molecule has 4 rings (SSSR count). The Hall–Kier alpha value is -4.00. The van der Waals surface area contributed by atoms with Gasteiger partial charge in [-0.2, -0.15) is 5.10 Å². The van der Waals surface area contributed by atoms with E-state index in [0.717, 1.165) is 38.7 Å². The number of aryl methyl sites for hydroxylation is 2. The quantitative estimate of drug-likeness (QED) is 0.381. The van der Waals surface area contributed by atoms with Gasteiger partial charge in [0.2, 0.25) is 0 Å². The maximum Gasteiger partial charge on any atom is 0.277 e. The number of benzene rings is 2. The van der Waals surface area contributed by atoms with Crippen LogP contribution in [-0.2, 0) is 4.79 Å². The van der Waals surface area contributed by atoms with E-state index < -0.39 is 0 Å². The molecule has 0 atom stereocenters. The predicted octanol–water partition coefficient (Wildman–Crippen LogP) is 3.77. The second-order valence-electron chi connectivity index (χ2n) is 6.93. The first-order valence-electron chi connectivity index (χ1n) is 9.49. The Balaban J connectivity index is 1.38. The summed E-state index contributed by atoms with van der Waals surface area (Å²) in [4.78, 5) is 23.4. The molecule has 2 N–H and O–H groups in total. The number of rotatable bonds is 6. The molecule has 7 heteroatoms. The lowest BCUT2D eigenvalue weighted by Gasteiger charge is -2.13. The van der Waals surface area contributed by atoms with Gasteiger partial charge >= 0.3 is 0 Å². The first-order chi connectivity index (χ1) is 14.6. The number of carbonyl (C=O) groups is 1. The van der Waals surface area contributed by atoms with Crippen molar-refractivity contribution in [3.05, 3.63) is 78.0 Å². The molecular weight excluding hydrogens is 378 g/mol. The number of amides is 1. The van der Waals surface area contributed by atoms with Crippen molar-refractivity contribution in [2.45, 2.75) is 13.8 Å². The minimum atomic E-state index is -0.327. The van der Waals surface area contributed by atoms with Gasteiger partial charge < -0.3 is 9.72 Å². The Morgan fingerprint density at radius 3 is 2.67 bits per heavy atom. The highest BCUT2D eigenvalue weighted by atomic mass is 16.5. The minimum Gasteiger partial charge on any atom is -0.483 e. The first kappa shape index (κ1) is 19.3. The van der Waals surface area contributed by atoms with Crippen LogP contribution in [0.1, 0.15) is 16.7 Å². The predicted molar refractivity (Wildman–Crippen MR) is 116 cm³/mol. The van der Waals surface area contributed by atoms with Crippen LogP contribution in [-0.4, -0.2) is 33.7 Å². The van der Waals surface area contributed by atoms with Crippen molar-refractivity contribution in [3.63, 3.8) is 0 Å². The Labute approximate surface area is 173 Å². The van der Waals surface area contributed by atoms with E-state index in [2.05, 4.69) is 25.5 Å². The molecule has 2 aromatic carbocycles. The summed E-state index contributed by atoms with van der Waals surface area (Å²) in [6.45, 7) is 3.77. The summed E-state index contributed by atoms with van der Waals surface area (Å²) in [5.74, 6) is 0.360. The van der Waals surface area contributed by atoms with Crippen LogP contribution in [0.15, 0.2) is 66.4 Å². The van der Waals surface area contributed by atoms with Gasteiger partial charge in [0.25, 0.3) is 5.91 Å². The van der Waals surface area contributed by atoms with Crippen LogP contribution >= 0.6 is 0 Å². The Bertz CT molecular complexity index is 1190. The summed E-state index contributed by atoms with van der Waals surface area (Å²) >= 11 is 0. The summed E-state index contributed by atoms with van der Waals surface area (Å²) in [5, 5.41) is 5.09. The zero-order valence-electron chi connectivity index (χ0n) is 16.7. The van der Waals surface area contributed by atoms with Crippen LogP contribution in [0.25, 0.3) is 22.0 Å². The smallest absolute Gasteiger partial charge is 0.277 e. The second-order valence-corrected chi connectivity index (χ2v) is 6.93. The maximum atomic E-state index is 12.2. The van der Waals surface area contributed by atoms with Gasteiger partial charge in [-0.15, -0.1) is 0 Å². The van der Waals surface area contributed by atoms with Crippen LogP contribution in [0.5, 0.6) is 5.75 Å².